The molecule has 1 amide bonds. The van der Waals surface area contributed by atoms with Crippen molar-refractivity contribution < 1.29 is 24.2 Å². The number of aliphatic hydroxyl groups excluding tert-OH is 1. The summed E-state index contributed by atoms with van der Waals surface area (Å²) in [6.45, 7) is 5.99. The Morgan fingerprint density at radius 2 is 1.97 bits per heavy atom. The van der Waals surface area contributed by atoms with Gasteiger partial charge in [0.1, 0.15) is 19.5 Å². The van der Waals surface area contributed by atoms with Crippen molar-refractivity contribution in [1.29, 1.82) is 0 Å². The topological polar surface area (TPSA) is 136 Å². The number of hydrogen-bond donors (Lipinski definition) is 1. The number of β-amino-alcohol motifs (C(OH)–C–C–N with tert-alkyl or cyclic N) is 1. The molecular weight excluding hydrogens is 442 g/mol. The fourth-order valence-corrected chi connectivity index (χ4v) is 4.80. The highest BCUT2D eigenvalue weighted by Gasteiger charge is 2.44. The van der Waals surface area contributed by atoms with E-state index in [1.807, 2.05) is 13.0 Å². The van der Waals surface area contributed by atoms with Crippen molar-refractivity contribution in [2.75, 3.05) is 39.4 Å². The van der Waals surface area contributed by atoms with Gasteiger partial charge < -0.3 is 24.4 Å². The number of cyclic esters (lactones) is 1. The Balaban J connectivity index is 1.21. The van der Waals surface area contributed by atoms with E-state index in [1.165, 1.54) is 11.0 Å². The molecule has 3 aliphatic rings. The van der Waals surface area contributed by atoms with Crippen LogP contribution in [0.15, 0.2) is 29.7 Å². The van der Waals surface area contributed by atoms with Crippen LogP contribution in [-0.2, 0) is 19.1 Å². The standard InChI is InChI=1S/C22H27N7O5/c1-14-17(10-33-21(14)32)28-12-22(34-11-20(28)31)5-7-27(8-6-22)9-18(30)16-3-4-19(24-15(16)2)29-13-23-25-26-29/h3-4,13,18,30H,5-12H2,1-2H3. The van der Waals surface area contributed by atoms with E-state index in [0.717, 1.165) is 37.2 Å². The van der Waals surface area contributed by atoms with Crippen molar-refractivity contribution in [1.82, 2.24) is 35.0 Å². The number of likely N-dealkylation sites (tertiary alicyclic amines) is 1. The number of rotatable bonds is 5. The Kier molecular flexibility index (Phi) is 5.88. The largest absolute Gasteiger partial charge is 0.456 e. The normalized spacial score (nSPS) is 21.9. The molecule has 12 heteroatoms. The molecule has 1 spiro atoms. The number of nitrogens with zero attached hydrogens (tertiary/aromatic N) is 7. The minimum absolute atomic E-state index is 0.00784. The number of hydrogen-bond acceptors (Lipinski definition) is 10. The zero-order chi connectivity index (χ0) is 23.9. The Hall–Kier alpha value is -3.22. The second-order valence-electron chi connectivity index (χ2n) is 9.01. The van der Waals surface area contributed by atoms with Gasteiger partial charge in [0.2, 0.25) is 0 Å². The Morgan fingerprint density at radius 1 is 1.18 bits per heavy atom. The molecule has 0 aromatic carbocycles. The first-order chi connectivity index (χ1) is 16.3. The molecule has 5 rings (SSSR count). The van der Waals surface area contributed by atoms with Crippen LogP contribution in [0.1, 0.15) is 37.1 Å². The number of pyridine rings is 1. The molecule has 2 aromatic rings. The lowest BCUT2D eigenvalue weighted by molar-refractivity contribution is -0.168. The van der Waals surface area contributed by atoms with Crippen LogP contribution in [0.3, 0.4) is 0 Å². The number of aliphatic hydroxyl groups is 1. The van der Waals surface area contributed by atoms with Gasteiger partial charge in [0.05, 0.1) is 29.5 Å². The third-order valence-electron chi connectivity index (χ3n) is 6.91. The van der Waals surface area contributed by atoms with Gasteiger partial charge in [-0.3, -0.25) is 4.79 Å². The fourth-order valence-electron chi connectivity index (χ4n) is 4.80. The van der Waals surface area contributed by atoms with Crippen LogP contribution in [0.4, 0.5) is 0 Å². The number of aryl methyl sites for hydroxylation is 1. The van der Waals surface area contributed by atoms with Crippen LogP contribution in [0, 0.1) is 6.92 Å². The van der Waals surface area contributed by atoms with Crippen molar-refractivity contribution >= 4 is 11.9 Å². The lowest BCUT2D eigenvalue weighted by atomic mass is 9.88. The van der Waals surface area contributed by atoms with Gasteiger partial charge in [0.25, 0.3) is 5.91 Å². The Labute approximate surface area is 196 Å². The van der Waals surface area contributed by atoms with Crippen molar-refractivity contribution in [2.45, 2.75) is 38.4 Å². The van der Waals surface area contributed by atoms with Crippen molar-refractivity contribution in [3.05, 3.63) is 41.0 Å². The maximum Gasteiger partial charge on any atom is 0.336 e. The molecule has 3 aliphatic heterocycles. The van der Waals surface area contributed by atoms with E-state index in [-0.39, 0.29) is 25.1 Å². The average molecular weight is 470 g/mol. The molecule has 2 fully saturated rings. The van der Waals surface area contributed by atoms with Crippen LogP contribution in [0.5, 0.6) is 0 Å². The number of ether oxygens (including phenoxy) is 2. The summed E-state index contributed by atoms with van der Waals surface area (Å²) in [4.78, 5) is 32.6. The summed E-state index contributed by atoms with van der Waals surface area (Å²) >= 11 is 0. The molecule has 0 bridgehead atoms. The maximum atomic E-state index is 12.5. The number of carbonyl (C=O) groups excluding carboxylic acids is 2. The highest BCUT2D eigenvalue weighted by Crippen LogP contribution is 2.34. The molecule has 0 radical (unpaired) electrons. The first-order valence-corrected chi connectivity index (χ1v) is 11.3. The van der Waals surface area contributed by atoms with Crippen LogP contribution >= 0.6 is 0 Å². The molecule has 5 heterocycles. The Bertz CT molecular complexity index is 1120. The van der Waals surface area contributed by atoms with Crippen LogP contribution in [-0.4, -0.2) is 97.0 Å². The highest BCUT2D eigenvalue weighted by molar-refractivity contribution is 5.92. The molecule has 0 aliphatic carbocycles. The number of piperidine rings is 1. The first-order valence-electron chi connectivity index (χ1n) is 11.3. The third kappa shape index (κ3) is 4.19. The van der Waals surface area contributed by atoms with Gasteiger partial charge in [-0.05, 0) is 43.2 Å². The van der Waals surface area contributed by atoms with Crippen molar-refractivity contribution in [3.8, 4) is 5.82 Å². The molecular formula is C22H27N7O5. The van der Waals surface area contributed by atoms with E-state index in [1.54, 1.807) is 17.9 Å². The number of tetrazole rings is 1. The second-order valence-corrected chi connectivity index (χ2v) is 9.01. The average Bonchev–Trinajstić information content (AvgIpc) is 3.48. The van der Waals surface area contributed by atoms with Crippen LogP contribution < -0.4 is 0 Å². The SMILES string of the molecule is CC1=C(N2CC3(CCN(CC(O)c4ccc(-n5cnnn5)nc4C)CC3)OCC2=O)COC1=O. The summed E-state index contributed by atoms with van der Waals surface area (Å²) in [6.07, 6.45) is 2.23. The maximum absolute atomic E-state index is 12.5. The van der Waals surface area contributed by atoms with Crippen LogP contribution in [0.2, 0.25) is 0 Å². The molecule has 2 saturated heterocycles. The van der Waals surface area contributed by atoms with Gasteiger partial charge >= 0.3 is 5.97 Å². The number of carbonyl (C=O) groups is 2. The fraction of sp³-hybridized carbons (Fsp3) is 0.545. The van der Waals surface area contributed by atoms with Crippen molar-refractivity contribution in [2.24, 2.45) is 0 Å². The number of aromatic nitrogens is 5. The second kappa shape index (κ2) is 8.85. The summed E-state index contributed by atoms with van der Waals surface area (Å²) in [6, 6.07) is 3.63. The molecule has 2 aromatic heterocycles. The van der Waals surface area contributed by atoms with Crippen molar-refractivity contribution in [3.63, 3.8) is 0 Å². The third-order valence-corrected chi connectivity index (χ3v) is 6.91. The molecule has 34 heavy (non-hydrogen) atoms. The minimum atomic E-state index is -0.690. The van der Waals surface area contributed by atoms with E-state index in [9.17, 15) is 14.7 Å². The Morgan fingerprint density at radius 3 is 2.62 bits per heavy atom. The summed E-state index contributed by atoms with van der Waals surface area (Å²) in [5.74, 6) is 0.0683. The molecule has 1 N–H and O–H groups in total. The summed E-state index contributed by atoms with van der Waals surface area (Å²) in [5, 5.41) is 22.0. The van der Waals surface area contributed by atoms with E-state index in [0.29, 0.717) is 30.2 Å². The van der Waals surface area contributed by atoms with Gasteiger partial charge in [0.15, 0.2) is 5.82 Å². The van der Waals surface area contributed by atoms with Crippen LogP contribution in [0.25, 0.3) is 5.82 Å². The van der Waals surface area contributed by atoms with E-state index < -0.39 is 11.7 Å². The quantitative estimate of drug-likeness (QED) is 0.592. The number of amides is 1. The van der Waals surface area contributed by atoms with Gasteiger partial charge in [-0.25, -0.2) is 9.78 Å². The summed E-state index contributed by atoms with van der Waals surface area (Å²) in [7, 11) is 0. The number of morpholine rings is 1. The van der Waals surface area contributed by atoms with E-state index in [4.69, 9.17) is 9.47 Å². The van der Waals surface area contributed by atoms with Gasteiger partial charge in [0, 0.05) is 30.9 Å². The van der Waals surface area contributed by atoms with Gasteiger partial charge in [-0.1, -0.05) is 6.07 Å². The zero-order valence-corrected chi connectivity index (χ0v) is 19.2. The molecule has 0 saturated carbocycles. The number of esters is 1. The monoisotopic (exact) mass is 469 g/mol. The molecule has 180 valence electrons. The smallest absolute Gasteiger partial charge is 0.336 e. The lowest BCUT2D eigenvalue weighted by Gasteiger charge is -2.47. The highest BCUT2D eigenvalue weighted by atomic mass is 16.5. The minimum Gasteiger partial charge on any atom is -0.456 e. The predicted molar refractivity (Wildman–Crippen MR) is 116 cm³/mol. The molecule has 1 atom stereocenters. The summed E-state index contributed by atoms with van der Waals surface area (Å²) < 4.78 is 12.6. The van der Waals surface area contributed by atoms with Gasteiger partial charge in [-0.2, -0.15) is 4.68 Å². The molecule has 1 unspecified atom stereocenters. The van der Waals surface area contributed by atoms with E-state index >= 15 is 0 Å². The lowest BCUT2D eigenvalue weighted by Crippen LogP contribution is -2.58. The first kappa shape index (κ1) is 22.6. The van der Waals surface area contributed by atoms with Gasteiger partial charge in [-0.15, -0.1) is 5.10 Å². The van der Waals surface area contributed by atoms with E-state index in [2.05, 4.69) is 25.4 Å². The zero-order valence-electron chi connectivity index (χ0n) is 19.2. The molecule has 12 nitrogen and oxygen atoms in total. The predicted octanol–water partition coefficient (Wildman–Crippen LogP) is -0.0767. The summed E-state index contributed by atoms with van der Waals surface area (Å²) in [5.41, 5.74) is 2.15.